The average molecular weight is 372 g/mol. The lowest BCUT2D eigenvalue weighted by molar-refractivity contribution is -0.119. The van der Waals surface area contributed by atoms with E-state index in [2.05, 4.69) is 43.3 Å². The summed E-state index contributed by atoms with van der Waals surface area (Å²) in [6.07, 6.45) is 0. The van der Waals surface area contributed by atoms with Gasteiger partial charge >= 0.3 is 0 Å². The van der Waals surface area contributed by atoms with E-state index in [1.54, 1.807) is 11.3 Å². The first-order valence-electron chi connectivity index (χ1n) is 8.76. The van der Waals surface area contributed by atoms with E-state index < -0.39 is 0 Å². The van der Waals surface area contributed by atoms with E-state index >= 15 is 0 Å². The Morgan fingerprint density at radius 1 is 1.27 bits per heavy atom. The van der Waals surface area contributed by atoms with Gasteiger partial charge in [0.05, 0.1) is 22.6 Å². The number of nitrogens with zero attached hydrogens (tertiary/aromatic N) is 4. The van der Waals surface area contributed by atoms with Crippen molar-refractivity contribution in [3.63, 3.8) is 0 Å². The first-order valence-corrected chi connectivity index (χ1v) is 9.58. The van der Waals surface area contributed by atoms with Gasteiger partial charge in [-0.2, -0.15) is 10.1 Å². The highest BCUT2D eigenvalue weighted by Crippen LogP contribution is 2.31. The number of rotatable bonds is 6. The molecule has 2 heterocycles. The van der Waals surface area contributed by atoms with Gasteiger partial charge in [-0.15, -0.1) is 0 Å². The van der Waals surface area contributed by atoms with Crippen molar-refractivity contribution in [1.82, 2.24) is 20.1 Å². The number of benzene rings is 1. The highest BCUT2D eigenvalue weighted by molar-refractivity contribution is 7.22. The largest absolute Gasteiger partial charge is 0.354 e. The smallest absolute Gasteiger partial charge is 0.239 e. The number of amides is 1. The van der Waals surface area contributed by atoms with E-state index in [0.29, 0.717) is 19.0 Å². The number of carbonyl (C=O) groups is 1. The number of anilines is 1. The standard InChI is InChI=1S/C19H25N5OS/c1-12(2)10-20-16(25)11-23(5)19-21-18-17(26-19)14(4)22-24(18)15-8-6-13(3)7-9-15/h6-9,12H,10-11H2,1-5H3,(H,20,25). The lowest BCUT2D eigenvalue weighted by Crippen LogP contribution is -2.36. The number of thiazole rings is 1. The van der Waals surface area contributed by atoms with Gasteiger partial charge in [-0.3, -0.25) is 4.79 Å². The van der Waals surface area contributed by atoms with Crippen molar-refractivity contribution in [2.45, 2.75) is 27.7 Å². The molecule has 0 saturated heterocycles. The molecule has 0 radical (unpaired) electrons. The van der Waals surface area contributed by atoms with Gasteiger partial charge in [-0.05, 0) is 31.9 Å². The molecule has 7 heteroatoms. The molecule has 6 nitrogen and oxygen atoms in total. The first-order chi connectivity index (χ1) is 12.3. The van der Waals surface area contributed by atoms with Crippen LogP contribution in [-0.4, -0.2) is 40.8 Å². The Kier molecular flexibility index (Phi) is 5.27. The minimum atomic E-state index is 0.0114. The van der Waals surface area contributed by atoms with Crippen molar-refractivity contribution >= 4 is 32.7 Å². The minimum Gasteiger partial charge on any atom is -0.354 e. The van der Waals surface area contributed by atoms with Crippen LogP contribution in [-0.2, 0) is 4.79 Å². The Labute approximate surface area is 157 Å². The van der Waals surface area contributed by atoms with Crippen molar-refractivity contribution in [1.29, 1.82) is 0 Å². The van der Waals surface area contributed by atoms with Gasteiger partial charge in [-0.25, -0.2) is 4.68 Å². The summed E-state index contributed by atoms with van der Waals surface area (Å²) in [5, 5.41) is 8.39. The third-order valence-corrected chi connectivity index (χ3v) is 5.34. The second-order valence-corrected chi connectivity index (χ2v) is 8.01. The molecular formula is C19H25N5OS. The molecule has 0 unspecified atom stereocenters. The monoisotopic (exact) mass is 371 g/mol. The van der Waals surface area contributed by atoms with Crippen molar-refractivity contribution in [3.05, 3.63) is 35.5 Å². The summed E-state index contributed by atoms with van der Waals surface area (Å²) in [4.78, 5) is 18.7. The molecule has 138 valence electrons. The van der Waals surface area contributed by atoms with E-state index in [1.165, 1.54) is 5.56 Å². The van der Waals surface area contributed by atoms with Crippen LogP contribution in [0.1, 0.15) is 25.1 Å². The van der Waals surface area contributed by atoms with Crippen LogP contribution in [0, 0.1) is 19.8 Å². The third-order valence-electron chi connectivity index (χ3n) is 4.07. The number of carbonyl (C=O) groups excluding carboxylic acids is 1. The van der Waals surface area contributed by atoms with Gasteiger partial charge < -0.3 is 10.2 Å². The third kappa shape index (κ3) is 3.88. The van der Waals surface area contributed by atoms with Gasteiger partial charge in [0.25, 0.3) is 0 Å². The van der Waals surface area contributed by atoms with Gasteiger partial charge in [0, 0.05) is 13.6 Å². The van der Waals surface area contributed by atoms with Crippen LogP contribution >= 0.6 is 11.3 Å². The van der Waals surface area contributed by atoms with Crippen molar-refractivity contribution in [3.8, 4) is 5.69 Å². The average Bonchev–Trinajstić information content (AvgIpc) is 3.15. The molecule has 0 aliphatic carbocycles. The highest BCUT2D eigenvalue weighted by Gasteiger charge is 2.18. The summed E-state index contributed by atoms with van der Waals surface area (Å²) in [7, 11) is 1.89. The number of aromatic nitrogens is 3. The van der Waals surface area contributed by atoms with Crippen LogP contribution in [0.3, 0.4) is 0 Å². The SMILES string of the molecule is Cc1ccc(-n2nc(C)c3sc(N(C)CC(=O)NCC(C)C)nc32)cc1. The van der Waals surface area contributed by atoms with Crippen LogP contribution in [0.4, 0.5) is 5.13 Å². The van der Waals surface area contributed by atoms with Crippen LogP contribution < -0.4 is 10.2 Å². The molecule has 0 spiro atoms. The van der Waals surface area contributed by atoms with Crippen LogP contribution in [0.25, 0.3) is 16.0 Å². The zero-order chi connectivity index (χ0) is 18.8. The number of aryl methyl sites for hydroxylation is 2. The molecule has 0 bridgehead atoms. The topological polar surface area (TPSA) is 63.1 Å². The molecular weight excluding hydrogens is 346 g/mol. The van der Waals surface area contributed by atoms with Crippen molar-refractivity contribution in [2.75, 3.05) is 25.0 Å². The number of hydrogen-bond donors (Lipinski definition) is 1. The van der Waals surface area contributed by atoms with E-state index in [4.69, 9.17) is 4.98 Å². The first kappa shape index (κ1) is 18.4. The van der Waals surface area contributed by atoms with Gasteiger partial charge in [0.2, 0.25) is 5.91 Å². The van der Waals surface area contributed by atoms with Gasteiger partial charge in [-0.1, -0.05) is 42.9 Å². The van der Waals surface area contributed by atoms with E-state index in [1.807, 2.05) is 35.7 Å². The number of likely N-dealkylation sites (N-methyl/N-ethyl adjacent to an activating group) is 1. The summed E-state index contributed by atoms with van der Waals surface area (Å²) >= 11 is 1.57. The Morgan fingerprint density at radius 3 is 2.62 bits per heavy atom. The lowest BCUT2D eigenvalue weighted by Gasteiger charge is -2.16. The Hall–Kier alpha value is -2.41. The van der Waals surface area contributed by atoms with Crippen molar-refractivity contribution < 1.29 is 4.79 Å². The maximum absolute atomic E-state index is 12.1. The Balaban J connectivity index is 1.84. The fraction of sp³-hybridized carbons (Fsp3) is 0.421. The van der Waals surface area contributed by atoms with E-state index in [9.17, 15) is 4.79 Å². The predicted molar refractivity (Wildman–Crippen MR) is 107 cm³/mol. The van der Waals surface area contributed by atoms with Crippen LogP contribution in [0.2, 0.25) is 0 Å². The number of fused-ring (bicyclic) bond motifs is 1. The van der Waals surface area contributed by atoms with E-state index in [0.717, 1.165) is 26.9 Å². The van der Waals surface area contributed by atoms with Gasteiger partial charge in [0.1, 0.15) is 0 Å². The highest BCUT2D eigenvalue weighted by atomic mass is 32.1. The molecule has 0 saturated carbocycles. The summed E-state index contributed by atoms with van der Waals surface area (Å²) in [6, 6.07) is 8.22. The van der Waals surface area contributed by atoms with E-state index in [-0.39, 0.29) is 5.91 Å². The van der Waals surface area contributed by atoms with Crippen molar-refractivity contribution in [2.24, 2.45) is 5.92 Å². The zero-order valence-electron chi connectivity index (χ0n) is 15.9. The molecule has 26 heavy (non-hydrogen) atoms. The molecule has 0 aliphatic rings. The fourth-order valence-electron chi connectivity index (χ4n) is 2.61. The van der Waals surface area contributed by atoms with Crippen LogP contribution in [0.5, 0.6) is 0 Å². The second-order valence-electron chi connectivity index (χ2n) is 7.04. The molecule has 3 aromatic rings. The predicted octanol–water partition coefficient (Wildman–Crippen LogP) is 3.31. The molecule has 3 rings (SSSR count). The molecule has 0 fully saturated rings. The quantitative estimate of drug-likeness (QED) is 0.722. The molecule has 1 amide bonds. The van der Waals surface area contributed by atoms with Gasteiger partial charge in [0.15, 0.2) is 10.8 Å². The normalized spacial score (nSPS) is 11.3. The minimum absolute atomic E-state index is 0.0114. The summed E-state index contributed by atoms with van der Waals surface area (Å²) < 4.78 is 2.92. The lowest BCUT2D eigenvalue weighted by atomic mass is 10.2. The second kappa shape index (κ2) is 7.45. The maximum atomic E-state index is 12.1. The summed E-state index contributed by atoms with van der Waals surface area (Å²) in [5.41, 5.74) is 3.98. The maximum Gasteiger partial charge on any atom is 0.239 e. The molecule has 0 aliphatic heterocycles. The molecule has 2 aromatic heterocycles. The molecule has 1 aromatic carbocycles. The van der Waals surface area contributed by atoms with Crippen LogP contribution in [0.15, 0.2) is 24.3 Å². The zero-order valence-corrected chi connectivity index (χ0v) is 16.7. The Bertz CT molecular complexity index is 910. The fourth-order valence-corrected chi connectivity index (χ4v) is 3.56. The Morgan fingerprint density at radius 2 is 1.96 bits per heavy atom. The summed E-state index contributed by atoms with van der Waals surface area (Å²) in [5.74, 6) is 0.451. The number of nitrogens with one attached hydrogen (secondary N) is 1. The molecule has 0 atom stereocenters. The molecule has 1 N–H and O–H groups in total. The summed E-state index contributed by atoms with van der Waals surface area (Å²) in [6.45, 7) is 9.19. The number of hydrogen-bond acceptors (Lipinski definition) is 5.